The molecule has 0 aromatic carbocycles. The Morgan fingerprint density at radius 3 is 0.478 bits per heavy atom. The number of hydrogen-bond acceptors (Lipinski definition) is 12. The summed E-state index contributed by atoms with van der Waals surface area (Å²) in [6, 6.07) is 0. The summed E-state index contributed by atoms with van der Waals surface area (Å²) in [5.41, 5.74) is 0. The molecule has 0 heterocycles. The Bertz CT molecular complexity index is 321. The first-order valence-corrected chi connectivity index (χ1v) is 4.57. The van der Waals surface area contributed by atoms with Gasteiger partial charge in [-0.25, -0.2) is 0 Å². The molecule has 0 amide bonds. The van der Waals surface area contributed by atoms with E-state index < -0.39 is 55.1 Å². The zero-order chi connectivity index (χ0) is 17.6. The van der Waals surface area contributed by atoms with Crippen molar-refractivity contribution in [2.75, 3.05) is 0 Å². The van der Waals surface area contributed by atoms with E-state index in [-0.39, 0.29) is 83.5 Å². The SMILES string of the molecule is O=C([O-])CC(=O)[O-].O=C([O-])CC(=O)[O-].O=C([O-])CC(=O)[O-].[Ce+3].[Ce+3]. The van der Waals surface area contributed by atoms with Crippen LogP contribution in [0.3, 0.4) is 0 Å². The van der Waals surface area contributed by atoms with E-state index in [0.29, 0.717) is 0 Å². The number of aliphatic carboxylic acids is 6. The van der Waals surface area contributed by atoms with Crippen molar-refractivity contribution in [2.45, 2.75) is 19.3 Å². The summed E-state index contributed by atoms with van der Waals surface area (Å²) < 4.78 is 0. The van der Waals surface area contributed by atoms with Crippen LogP contribution < -0.4 is 30.6 Å². The fraction of sp³-hybridized carbons (Fsp3) is 0.333. The van der Waals surface area contributed by atoms with Gasteiger partial charge in [-0.1, -0.05) is 0 Å². The van der Waals surface area contributed by atoms with Crippen LogP contribution in [0.5, 0.6) is 0 Å². The number of hydrogen-bond donors (Lipinski definition) is 0. The first-order valence-electron chi connectivity index (χ1n) is 4.57. The monoisotopic (exact) mass is 586 g/mol. The van der Waals surface area contributed by atoms with Crippen molar-refractivity contribution in [1.29, 1.82) is 0 Å². The Hall–Kier alpha value is -0.427. The molecular formula is C9H6Ce2O12. The molecule has 0 fully saturated rings. The van der Waals surface area contributed by atoms with Gasteiger partial charge in [0.15, 0.2) is 0 Å². The van der Waals surface area contributed by atoms with Gasteiger partial charge in [-0.05, 0) is 0 Å². The van der Waals surface area contributed by atoms with Gasteiger partial charge in [0.05, 0.1) is 0 Å². The molecule has 0 saturated carbocycles. The van der Waals surface area contributed by atoms with Crippen LogP contribution in [0.25, 0.3) is 0 Å². The number of carboxylic acids is 6. The molecule has 0 aliphatic heterocycles. The minimum absolute atomic E-state index is 0. The Morgan fingerprint density at radius 1 is 0.391 bits per heavy atom. The van der Waals surface area contributed by atoms with Crippen molar-refractivity contribution in [3.05, 3.63) is 0 Å². The summed E-state index contributed by atoms with van der Waals surface area (Å²) in [5.74, 6) is -9.75. The molecular weight excluding hydrogens is 580 g/mol. The smallest absolute Gasteiger partial charge is 0.550 e. The summed E-state index contributed by atoms with van der Waals surface area (Å²) in [5, 5.41) is 55.7. The average Bonchev–Trinajstić information content (AvgIpc) is 2.10. The topological polar surface area (TPSA) is 241 Å². The van der Waals surface area contributed by atoms with Crippen LogP contribution >= 0.6 is 0 Å². The molecule has 0 saturated heterocycles. The van der Waals surface area contributed by atoms with Gasteiger partial charge in [0.1, 0.15) is 0 Å². The Morgan fingerprint density at radius 2 is 0.478 bits per heavy atom. The molecule has 0 unspecified atom stereocenters. The molecule has 0 atom stereocenters. The van der Waals surface area contributed by atoms with Gasteiger partial charge < -0.3 is 59.4 Å². The van der Waals surface area contributed by atoms with Crippen LogP contribution in [0.2, 0.25) is 0 Å². The van der Waals surface area contributed by atoms with E-state index in [1.54, 1.807) is 0 Å². The van der Waals surface area contributed by atoms with Crippen LogP contribution in [0.15, 0.2) is 0 Å². The van der Waals surface area contributed by atoms with E-state index in [0.717, 1.165) is 0 Å². The van der Waals surface area contributed by atoms with Crippen LogP contribution in [0.4, 0.5) is 0 Å². The fourth-order valence-electron chi connectivity index (χ4n) is 0.354. The van der Waals surface area contributed by atoms with Crippen molar-refractivity contribution in [3.63, 3.8) is 0 Å². The minimum atomic E-state index is -1.63. The second-order valence-corrected chi connectivity index (χ2v) is 2.76. The van der Waals surface area contributed by atoms with Crippen molar-refractivity contribution >= 4 is 35.8 Å². The summed E-state index contributed by atoms with van der Waals surface area (Å²) in [4.78, 5) is 55.7. The summed E-state index contributed by atoms with van der Waals surface area (Å²) in [7, 11) is 0. The summed E-state index contributed by atoms with van der Waals surface area (Å²) in [6.07, 6.45) is -3.08. The van der Waals surface area contributed by atoms with E-state index in [1.807, 2.05) is 0 Å². The van der Waals surface area contributed by atoms with Crippen LogP contribution in [0.1, 0.15) is 19.3 Å². The third kappa shape index (κ3) is 61.7. The number of carboxylic acid groups (broad SMARTS) is 6. The van der Waals surface area contributed by atoms with Gasteiger partial charge in [-0.2, -0.15) is 0 Å². The molecule has 14 heteroatoms. The van der Waals surface area contributed by atoms with E-state index in [2.05, 4.69) is 0 Å². The predicted octanol–water partition coefficient (Wildman–Crippen LogP) is -9.37. The van der Waals surface area contributed by atoms with Gasteiger partial charge in [0, 0.05) is 55.1 Å². The largest absolute Gasteiger partial charge is 3.00 e. The number of carbonyl (C=O) groups is 6. The Labute approximate surface area is 195 Å². The van der Waals surface area contributed by atoms with E-state index in [1.165, 1.54) is 0 Å². The van der Waals surface area contributed by atoms with Gasteiger partial charge in [0.25, 0.3) is 0 Å². The zero-order valence-corrected chi connectivity index (χ0v) is 17.3. The van der Waals surface area contributed by atoms with E-state index in [4.69, 9.17) is 0 Å². The number of carbonyl (C=O) groups excluding carboxylic acids is 6. The molecule has 0 rings (SSSR count). The Kier molecular flexibility index (Phi) is 31.9. The fourth-order valence-corrected chi connectivity index (χ4v) is 0.354. The Balaban J connectivity index is -0.0000000675. The van der Waals surface area contributed by atoms with E-state index >= 15 is 0 Å². The first kappa shape index (κ1) is 34.0. The normalized spacial score (nSPS) is 7.30. The maximum atomic E-state index is 9.28. The number of rotatable bonds is 6. The first-order chi connectivity index (χ1) is 9.38. The second-order valence-electron chi connectivity index (χ2n) is 2.76. The predicted molar refractivity (Wildman–Crippen MR) is 43.9 cm³/mol. The zero-order valence-electron chi connectivity index (χ0n) is 11.0. The second kappa shape index (κ2) is 21.6. The third-order valence-electron chi connectivity index (χ3n) is 0.866. The standard InChI is InChI=1S/3C3H4O4.2Ce/c3*4-2(5)1-3(6)7;;/h3*1H2,(H,4,5)(H,6,7);;/q;;;2*+3/p-6. The van der Waals surface area contributed by atoms with Crippen LogP contribution in [-0.4, -0.2) is 35.8 Å². The average molecular weight is 586 g/mol. The minimum Gasteiger partial charge on any atom is -0.550 e. The molecule has 0 aromatic rings. The van der Waals surface area contributed by atoms with Crippen molar-refractivity contribution < 1.29 is 143 Å². The maximum Gasteiger partial charge on any atom is 3.00 e. The van der Waals surface area contributed by atoms with Crippen molar-refractivity contribution in [2.24, 2.45) is 0 Å². The van der Waals surface area contributed by atoms with Crippen LogP contribution in [0, 0.1) is 83.5 Å². The van der Waals surface area contributed by atoms with Crippen LogP contribution in [-0.2, 0) is 28.8 Å². The quantitative estimate of drug-likeness (QED) is 0.264. The van der Waals surface area contributed by atoms with Gasteiger partial charge in [-0.15, -0.1) is 0 Å². The molecule has 0 spiro atoms. The molecule has 0 aliphatic carbocycles. The summed E-state index contributed by atoms with van der Waals surface area (Å²) in [6.45, 7) is 0. The third-order valence-corrected chi connectivity index (χ3v) is 0.866. The molecule has 0 aliphatic rings. The summed E-state index contributed by atoms with van der Waals surface area (Å²) >= 11 is 0. The molecule has 0 bridgehead atoms. The molecule has 122 valence electrons. The molecule has 0 N–H and O–H groups in total. The molecule has 2 radical (unpaired) electrons. The van der Waals surface area contributed by atoms with Crippen molar-refractivity contribution in [3.8, 4) is 0 Å². The molecule has 0 aromatic heterocycles. The molecule has 23 heavy (non-hydrogen) atoms. The van der Waals surface area contributed by atoms with Gasteiger partial charge >= 0.3 is 83.5 Å². The van der Waals surface area contributed by atoms with Gasteiger partial charge in [-0.3, -0.25) is 0 Å². The van der Waals surface area contributed by atoms with Gasteiger partial charge in [0.2, 0.25) is 0 Å². The van der Waals surface area contributed by atoms with Crippen molar-refractivity contribution in [1.82, 2.24) is 0 Å². The maximum absolute atomic E-state index is 9.28. The van der Waals surface area contributed by atoms with E-state index in [9.17, 15) is 59.4 Å². The molecule has 12 nitrogen and oxygen atoms in total.